The second-order valence-corrected chi connectivity index (χ2v) is 7.65. The highest BCUT2D eigenvalue weighted by molar-refractivity contribution is 5.88. The van der Waals surface area contributed by atoms with Gasteiger partial charge in [-0.3, -0.25) is 9.59 Å². The van der Waals surface area contributed by atoms with Crippen LogP contribution in [0.15, 0.2) is 60.7 Å². The van der Waals surface area contributed by atoms with E-state index < -0.39 is 6.04 Å². The van der Waals surface area contributed by atoms with E-state index in [0.29, 0.717) is 32.7 Å². The van der Waals surface area contributed by atoms with E-state index in [9.17, 15) is 9.59 Å². The Balaban J connectivity index is 2.24. The number of ether oxygens (including phenoxy) is 1. The van der Waals surface area contributed by atoms with E-state index in [0.717, 1.165) is 17.5 Å². The Bertz CT molecular complexity index is 762. The summed E-state index contributed by atoms with van der Waals surface area (Å²) in [5.41, 5.74) is 2.04. The maximum absolute atomic E-state index is 13.2. The van der Waals surface area contributed by atoms with E-state index in [1.54, 1.807) is 4.90 Å². The predicted octanol–water partition coefficient (Wildman–Crippen LogP) is 3.83. The molecule has 0 aliphatic heterocycles. The lowest BCUT2D eigenvalue weighted by molar-refractivity contribution is -0.143. The zero-order valence-corrected chi connectivity index (χ0v) is 18.3. The first kappa shape index (κ1) is 23.6. The first-order valence-corrected chi connectivity index (χ1v) is 10.8. The molecule has 1 unspecified atom stereocenters. The molecule has 2 aromatic carbocycles. The van der Waals surface area contributed by atoms with Crippen molar-refractivity contribution >= 4 is 11.8 Å². The molecule has 1 N–H and O–H groups in total. The van der Waals surface area contributed by atoms with Gasteiger partial charge in [-0.15, -0.1) is 0 Å². The van der Waals surface area contributed by atoms with E-state index in [-0.39, 0.29) is 17.7 Å². The van der Waals surface area contributed by atoms with Crippen molar-refractivity contribution in [2.45, 2.75) is 46.2 Å². The largest absolute Gasteiger partial charge is 0.382 e. The van der Waals surface area contributed by atoms with E-state index in [1.807, 2.05) is 81.4 Å². The molecule has 2 aromatic rings. The fraction of sp³-hybridized carbons (Fsp3) is 0.440. The van der Waals surface area contributed by atoms with Crippen LogP contribution in [0.3, 0.4) is 0 Å². The molecule has 5 heteroatoms. The summed E-state index contributed by atoms with van der Waals surface area (Å²) >= 11 is 0. The molecule has 0 fully saturated rings. The minimum atomic E-state index is -0.574. The third-order valence-electron chi connectivity index (χ3n) is 4.89. The average Bonchev–Trinajstić information content (AvgIpc) is 2.76. The molecule has 0 saturated heterocycles. The van der Waals surface area contributed by atoms with Crippen molar-refractivity contribution < 1.29 is 14.3 Å². The van der Waals surface area contributed by atoms with Crippen LogP contribution >= 0.6 is 0 Å². The highest BCUT2D eigenvalue weighted by Gasteiger charge is 2.31. The molecule has 0 spiro atoms. The summed E-state index contributed by atoms with van der Waals surface area (Å²) in [5, 5.41) is 3.01. The fourth-order valence-corrected chi connectivity index (χ4v) is 3.28. The van der Waals surface area contributed by atoms with Gasteiger partial charge in [0.2, 0.25) is 11.8 Å². The van der Waals surface area contributed by atoms with Crippen LogP contribution in [0.4, 0.5) is 0 Å². The lowest BCUT2D eigenvalue weighted by Crippen LogP contribution is -2.51. The molecule has 1 atom stereocenters. The topological polar surface area (TPSA) is 58.6 Å². The molecule has 0 saturated carbocycles. The van der Waals surface area contributed by atoms with Gasteiger partial charge in [0.25, 0.3) is 0 Å². The van der Waals surface area contributed by atoms with Gasteiger partial charge < -0.3 is 15.0 Å². The van der Waals surface area contributed by atoms with Crippen LogP contribution in [0, 0.1) is 5.92 Å². The lowest BCUT2D eigenvalue weighted by atomic mass is 10.0. The van der Waals surface area contributed by atoms with Gasteiger partial charge in [-0.2, -0.15) is 0 Å². The minimum absolute atomic E-state index is 0.0238. The average molecular weight is 411 g/mol. The monoisotopic (exact) mass is 410 g/mol. The number of nitrogens with zero attached hydrogens (tertiary/aromatic N) is 1. The molecular formula is C25H34N2O3. The van der Waals surface area contributed by atoms with Gasteiger partial charge >= 0.3 is 0 Å². The molecule has 0 bridgehead atoms. The Morgan fingerprint density at radius 3 is 2.13 bits per heavy atom. The van der Waals surface area contributed by atoms with Gasteiger partial charge in [-0.1, -0.05) is 74.5 Å². The van der Waals surface area contributed by atoms with Crippen LogP contribution in [0.25, 0.3) is 0 Å². The number of benzene rings is 2. The van der Waals surface area contributed by atoms with E-state index in [2.05, 4.69) is 5.32 Å². The van der Waals surface area contributed by atoms with E-state index in [4.69, 9.17) is 4.74 Å². The first-order valence-electron chi connectivity index (χ1n) is 10.8. The van der Waals surface area contributed by atoms with Crippen LogP contribution in [-0.2, 0) is 27.3 Å². The van der Waals surface area contributed by atoms with Gasteiger partial charge in [-0.25, -0.2) is 0 Å². The van der Waals surface area contributed by atoms with Crippen molar-refractivity contribution in [3.05, 3.63) is 71.8 Å². The number of carbonyl (C=O) groups excluding carboxylic acids is 2. The van der Waals surface area contributed by atoms with Crippen LogP contribution in [0.5, 0.6) is 0 Å². The SMILES string of the molecule is CCOCCCNC(=O)C(Cc1ccccc1)N(Cc1ccccc1)C(=O)C(C)C. The van der Waals surface area contributed by atoms with E-state index >= 15 is 0 Å². The van der Waals surface area contributed by atoms with Crippen LogP contribution in [0.1, 0.15) is 38.3 Å². The zero-order valence-electron chi connectivity index (χ0n) is 18.3. The summed E-state index contributed by atoms with van der Waals surface area (Å²) < 4.78 is 5.35. The Labute approximate surface area is 180 Å². The smallest absolute Gasteiger partial charge is 0.243 e. The van der Waals surface area contributed by atoms with Gasteiger partial charge in [0.1, 0.15) is 6.04 Å². The standard InChI is InChI=1S/C25H34N2O3/c1-4-30-17-11-16-26-24(28)23(18-21-12-7-5-8-13-21)27(25(29)20(2)3)19-22-14-9-6-10-15-22/h5-10,12-15,20,23H,4,11,16-19H2,1-3H3,(H,26,28). The zero-order chi connectivity index (χ0) is 21.8. The lowest BCUT2D eigenvalue weighted by Gasteiger charge is -2.32. The van der Waals surface area contributed by atoms with Gasteiger partial charge in [0.05, 0.1) is 0 Å². The Hall–Kier alpha value is -2.66. The van der Waals surface area contributed by atoms with Crippen molar-refractivity contribution in [3.8, 4) is 0 Å². The van der Waals surface area contributed by atoms with Crippen molar-refractivity contribution in [1.29, 1.82) is 0 Å². The van der Waals surface area contributed by atoms with Gasteiger partial charge in [-0.05, 0) is 24.5 Å². The summed E-state index contributed by atoms with van der Waals surface area (Å²) in [6, 6.07) is 19.1. The summed E-state index contributed by atoms with van der Waals surface area (Å²) in [7, 11) is 0. The number of rotatable bonds is 12. The molecular weight excluding hydrogens is 376 g/mol. The minimum Gasteiger partial charge on any atom is -0.382 e. The predicted molar refractivity (Wildman–Crippen MR) is 120 cm³/mol. The van der Waals surface area contributed by atoms with Gasteiger partial charge in [0.15, 0.2) is 0 Å². The Morgan fingerprint density at radius 1 is 0.967 bits per heavy atom. The van der Waals surface area contributed by atoms with Crippen molar-refractivity contribution in [3.63, 3.8) is 0 Å². The number of hydrogen-bond donors (Lipinski definition) is 1. The normalized spacial score (nSPS) is 11.9. The summed E-state index contributed by atoms with van der Waals surface area (Å²) in [5.74, 6) is -0.345. The first-order chi connectivity index (χ1) is 14.5. The molecule has 0 aromatic heterocycles. The van der Waals surface area contributed by atoms with Crippen molar-refractivity contribution in [1.82, 2.24) is 10.2 Å². The molecule has 0 aliphatic rings. The van der Waals surface area contributed by atoms with Crippen LogP contribution in [0.2, 0.25) is 0 Å². The molecule has 0 heterocycles. The van der Waals surface area contributed by atoms with Crippen molar-refractivity contribution in [2.75, 3.05) is 19.8 Å². The fourth-order valence-electron chi connectivity index (χ4n) is 3.28. The number of hydrogen-bond acceptors (Lipinski definition) is 3. The number of carbonyl (C=O) groups is 2. The molecule has 0 aliphatic carbocycles. The number of nitrogens with one attached hydrogen (secondary N) is 1. The van der Waals surface area contributed by atoms with Crippen molar-refractivity contribution in [2.24, 2.45) is 5.92 Å². The molecule has 2 amide bonds. The second-order valence-electron chi connectivity index (χ2n) is 7.65. The van der Waals surface area contributed by atoms with Crippen LogP contribution in [-0.4, -0.2) is 42.5 Å². The maximum atomic E-state index is 13.2. The highest BCUT2D eigenvalue weighted by Crippen LogP contribution is 2.17. The van der Waals surface area contributed by atoms with Crippen LogP contribution < -0.4 is 5.32 Å². The second kappa shape index (κ2) is 12.8. The summed E-state index contributed by atoms with van der Waals surface area (Å²) in [6.07, 6.45) is 1.22. The van der Waals surface area contributed by atoms with E-state index in [1.165, 1.54) is 0 Å². The summed E-state index contributed by atoms with van der Waals surface area (Å²) in [6.45, 7) is 7.91. The quantitative estimate of drug-likeness (QED) is 0.541. The summed E-state index contributed by atoms with van der Waals surface area (Å²) in [4.78, 5) is 28.0. The number of amides is 2. The Morgan fingerprint density at radius 2 is 1.57 bits per heavy atom. The molecule has 2 rings (SSSR count). The molecule has 162 valence electrons. The highest BCUT2D eigenvalue weighted by atomic mass is 16.5. The molecule has 5 nitrogen and oxygen atoms in total. The third kappa shape index (κ3) is 7.64. The van der Waals surface area contributed by atoms with Gasteiger partial charge in [0, 0.05) is 38.6 Å². The molecule has 0 radical (unpaired) electrons. The third-order valence-corrected chi connectivity index (χ3v) is 4.89. The Kier molecular flexibility index (Phi) is 10.1. The molecule has 30 heavy (non-hydrogen) atoms. The maximum Gasteiger partial charge on any atom is 0.243 e.